The van der Waals surface area contributed by atoms with Crippen LogP contribution in [0.25, 0.3) is 5.69 Å². The molecule has 0 spiro atoms. The summed E-state index contributed by atoms with van der Waals surface area (Å²) in [5.74, 6) is -0.0588. The van der Waals surface area contributed by atoms with Crippen molar-refractivity contribution in [2.75, 3.05) is 5.32 Å². The number of amides is 1. The smallest absolute Gasteiger partial charge is 0.221 e. The van der Waals surface area contributed by atoms with Gasteiger partial charge in [0.25, 0.3) is 0 Å². The second-order valence-electron chi connectivity index (χ2n) is 6.05. The van der Waals surface area contributed by atoms with E-state index in [-0.39, 0.29) is 11.9 Å². The van der Waals surface area contributed by atoms with E-state index in [2.05, 4.69) is 46.8 Å². The van der Waals surface area contributed by atoms with E-state index in [1.165, 1.54) is 12.5 Å². The van der Waals surface area contributed by atoms with Crippen LogP contribution < -0.4 is 10.6 Å². The molecule has 3 aromatic rings. The van der Waals surface area contributed by atoms with E-state index >= 15 is 0 Å². The van der Waals surface area contributed by atoms with Crippen LogP contribution in [0.5, 0.6) is 0 Å². The molecule has 25 heavy (non-hydrogen) atoms. The number of benzene rings is 2. The van der Waals surface area contributed by atoms with E-state index < -0.39 is 0 Å². The fourth-order valence-electron chi connectivity index (χ4n) is 2.70. The highest BCUT2D eigenvalue weighted by Crippen LogP contribution is 2.17. The SMILES string of the molecule is CC(=O)Nc1cccc(CNC(C)c2ccc(-n3ccnc3)cc2)c1. The maximum absolute atomic E-state index is 11.2. The van der Waals surface area contributed by atoms with Crippen LogP contribution in [0.15, 0.2) is 67.3 Å². The molecule has 1 amide bonds. The van der Waals surface area contributed by atoms with Crippen LogP contribution in [0.3, 0.4) is 0 Å². The quantitative estimate of drug-likeness (QED) is 0.723. The van der Waals surface area contributed by atoms with E-state index in [0.29, 0.717) is 0 Å². The highest BCUT2D eigenvalue weighted by atomic mass is 16.1. The molecule has 2 N–H and O–H groups in total. The van der Waals surface area contributed by atoms with Gasteiger partial charge in [0.1, 0.15) is 0 Å². The normalized spacial score (nSPS) is 11.9. The van der Waals surface area contributed by atoms with E-state index in [1.807, 2.05) is 35.0 Å². The number of rotatable bonds is 6. The first-order chi connectivity index (χ1) is 12.1. The van der Waals surface area contributed by atoms with Crippen molar-refractivity contribution >= 4 is 11.6 Å². The minimum absolute atomic E-state index is 0.0588. The third-order valence-corrected chi connectivity index (χ3v) is 4.06. The molecular weight excluding hydrogens is 312 g/mol. The number of anilines is 1. The first-order valence-corrected chi connectivity index (χ1v) is 8.30. The highest BCUT2D eigenvalue weighted by molar-refractivity contribution is 5.88. The molecule has 5 heteroatoms. The van der Waals surface area contributed by atoms with Gasteiger partial charge in [-0.15, -0.1) is 0 Å². The number of hydrogen-bond acceptors (Lipinski definition) is 3. The molecule has 1 aromatic heterocycles. The Hall–Kier alpha value is -2.92. The minimum atomic E-state index is -0.0588. The molecule has 1 heterocycles. The fourth-order valence-corrected chi connectivity index (χ4v) is 2.70. The van der Waals surface area contributed by atoms with Gasteiger partial charge in [-0.1, -0.05) is 24.3 Å². The van der Waals surface area contributed by atoms with Gasteiger partial charge in [-0.3, -0.25) is 4.79 Å². The molecule has 0 radical (unpaired) electrons. The van der Waals surface area contributed by atoms with Crippen molar-refractivity contribution in [3.63, 3.8) is 0 Å². The van der Waals surface area contributed by atoms with E-state index in [9.17, 15) is 4.79 Å². The highest BCUT2D eigenvalue weighted by Gasteiger charge is 2.06. The van der Waals surface area contributed by atoms with Crippen molar-refractivity contribution < 1.29 is 4.79 Å². The molecule has 0 bridgehead atoms. The maximum atomic E-state index is 11.2. The summed E-state index contributed by atoms with van der Waals surface area (Å²) in [5.41, 5.74) is 4.27. The Balaban J connectivity index is 1.60. The lowest BCUT2D eigenvalue weighted by atomic mass is 10.1. The third kappa shape index (κ3) is 4.55. The predicted octanol–water partition coefficient (Wildman–Crippen LogP) is 3.68. The second kappa shape index (κ2) is 7.77. The molecule has 0 aliphatic rings. The summed E-state index contributed by atoms with van der Waals surface area (Å²) in [7, 11) is 0. The van der Waals surface area contributed by atoms with Gasteiger partial charge in [0.05, 0.1) is 6.33 Å². The Bertz CT molecular complexity index is 825. The summed E-state index contributed by atoms with van der Waals surface area (Å²) in [6, 6.07) is 16.5. The van der Waals surface area contributed by atoms with Crippen LogP contribution in [0, 0.1) is 0 Å². The number of imidazole rings is 1. The van der Waals surface area contributed by atoms with Gasteiger partial charge in [-0.2, -0.15) is 0 Å². The number of aromatic nitrogens is 2. The Kier molecular flexibility index (Phi) is 5.26. The molecule has 0 saturated carbocycles. The van der Waals surface area contributed by atoms with Gasteiger partial charge in [0, 0.05) is 43.3 Å². The molecule has 3 rings (SSSR count). The first-order valence-electron chi connectivity index (χ1n) is 8.30. The summed E-state index contributed by atoms with van der Waals surface area (Å²) >= 11 is 0. The standard InChI is InChI=1S/C20H22N4O/c1-15(18-6-8-20(9-7-18)24-11-10-21-14-24)22-13-17-4-3-5-19(12-17)23-16(2)25/h3-12,14-15,22H,13H2,1-2H3,(H,23,25). The van der Waals surface area contributed by atoms with E-state index in [1.54, 1.807) is 12.5 Å². The number of nitrogens with one attached hydrogen (secondary N) is 2. The number of carbonyl (C=O) groups excluding carboxylic acids is 1. The molecule has 1 atom stereocenters. The van der Waals surface area contributed by atoms with Gasteiger partial charge in [-0.25, -0.2) is 4.98 Å². The van der Waals surface area contributed by atoms with Crippen molar-refractivity contribution in [3.05, 3.63) is 78.4 Å². The number of carbonyl (C=O) groups is 1. The molecule has 1 unspecified atom stereocenters. The maximum Gasteiger partial charge on any atom is 0.221 e. The number of nitrogens with zero attached hydrogens (tertiary/aromatic N) is 2. The van der Waals surface area contributed by atoms with Gasteiger partial charge < -0.3 is 15.2 Å². The van der Waals surface area contributed by atoms with Gasteiger partial charge in [0.2, 0.25) is 5.91 Å². The lowest BCUT2D eigenvalue weighted by Crippen LogP contribution is -2.18. The summed E-state index contributed by atoms with van der Waals surface area (Å²) in [6.45, 7) is 4.39. The molecule has 0 aliphatic heterocycles. The zero-order valence-electron chi connectivity index (χ0n) is 14.4. The van der Waals surface area contributed by atoms with Crippen LogP contribution >= 0.6 is 0 Å². The largest absolute Gasteiger partial charge is 0.326 e. The topological polar surface area (TPSA) is 59.0 Å². The zero-order chi connectivity index (χ0) is 17.6. The monoisotopic (exact) mass is 334 g/mol. The molecular formula is C20H22N4O. The van der Waals surface area contributed by atoms with Crippen molar-refractivity contribution in [2.24, 2.45) is 0 Å². The lowest BCUT2D eigenvalue weighted by molar-refractivity contribution is -0.114. The average Bonchev–Trinajstić information content (AvgIpc) is 3.14. The van der Waals surface area contributed by atoms with Crippen molar-refractivity contribution in [1.29, 1.82) is 0 Å². The zero-order valence-corrected chi connectivity index (χ0v) is 14.4. The van der Waals surface area contributed by atoms with Gasteiger partial charge in [0.15, 0.2) is 0 Å². The van der Waals surface area contributed by atoms with Crippen LogP contribution in [0.1, 0.15) is 31.0 Å². The Morgan fingerprint density at radius 3 is 2.68 bits per heavy atom. The molecule has 0 saturated heterocycles. The second-order valence-corrected chi connectivity index (χ2v) is 6.05. The van der Waals surface area contributed by atoms with Crippen LogP contribution in [0.2, 0.25) is 0 Å². The van der Waals surface area contributed by atoms with Crippen molar-refractivity contribution in [3.8, 4) is 5.69 Å². The molecule has 0 fully saturated rings. The Morgan fingerprint density at radius 1 is 1.20 bits per heavy atom. The van der Waals surface area contributed by atoms with E-state index in [4.69, 9.17) is 0 Å². The number of hydrogen-bond donors (Lipinski definition) is 2. The fraction of sp³-hybridized carbons (Fsp3) is 0.200. The molecule has 2 aromatic carbocycles. The predicted molar refractivity (Wildman–Crippen MR) is 99.6 cm³/mol. The summed E-state index contributed by atoms with van der Waals surface area (Å²) in [6.07, 6.45) is 5.49. The third-order valence-electron chi connectivity index (χ3n) is 4.06. The van der Waals surface area contributed by atoms with Crippen molar-refractivity contribution in [1.82, 2.24) is 14.9 Å². The van der Waals surface area contributed by atoms with Crippen LogP contribution in [-0.2, 0) is 11.3 Å². The average molecular weight is 334 g/mol. The lowest BCUT2D eigenvalue weighted by Gasteiger charge is -2.15. The molecule has 5 nitrogen and oxygen atoms in total. The minimum Gasteiger partial charge on any atom is -0.326 e. The first kappa shape index (κ1) is 16.9. The van der Waals surface area contributed by atoms with Gasteiger partial charge >= 0.3 is 0 Å². The van der Waals surface area contributed by atoms with Crippen LogP contribution in [0.4, 0.5) is 5.69 Å². The Labute approximate surface area is 147 Å². The summed E-state index contributed by atoms with van der Waals surface area (Å²) < 4.78 is 1.98. The van der Waals surface area contributed by atoms with Crippen LogP contribution in [-0.4, -0.2) is 15.5 Å². The molecule has 128 valence electrons. The summed E-state index contributed by atoms with van der Waals surface area (Å²) in [4.78, 5) is 15.2. The van der Waals surface area contributed by atoms with Crippen molar-refractivity contribution in [2.45, 2.75) is 26.4 Å². The summed E-state index contributed by atoms with van der Waals surface area (Å²) in [5, 5.41) is 6.33. The molecule has 0 aliphatic carbocycles. The Morgan fingerprint density at radius 2 is 2.00 bits per heavy atom. The van der Waals surface area contributed by atoms with Gasteiger partial charge in [-0.05, 0) is 42.3 Å². The van der Waals surface area contributed by atoms with E-state index in [0.717, 1.165) is 23.5 Å².